The zero-order valence-corrected chi connectivity index (χ0v) is 25.5. The molecule has 0 bridgehead atoms. The Labute approximate surface area is 238 Å². The molecular formula is C32H59NO6. The van der Waals surface area contributed by atoms with Crippen molar-refractivity contribution in [2.24, 2.45) is 0 Å². The van der Waals surface area contributed by atoms with Crippen LogP contribution in [-0.2, 0) is 14.4 Å². The summed E-state index contributed by atoms with van der Waals surface area (Å²) < 4.78 is -0.550. The van der Waals surface area contributed by atoms with Crippen LogP contribution in [0.15, 0.2) is 12.2 Å². The topological polar surface area (TPSA) is 115 Å². The summed E-state index contributed by atoms with van der Waals surface area (Å²) in [6.45, 7) is 6.58. The summed E-state index contributed by atoms with van der Waals surface area (Å²) in [5, 5.41) is 30.9. The first-order chi connectivity index (χ1) is 18.6. The number of carboxylic acid groups (broad SMARTS) is 3. The second kappa shape index (κ2) is 22.9. The van der Waals surface area contributed by atoms with Crippen molar-refractivity contribution < 1.29 is 34.2 Å². The molecule has 0 aliphatic heterocycles. The lowest BCUT2D eigenvalue weighted by Crippen LogP contribution is -2.72. The van der Waals surface area contributed by atoms with Crippen LogP contribution in [0.5, 0.6) is 0 Å². The van der Waals surface area contributed by atoms with Crippen molar-refractivity contribution in [2.45, 2.75) is 168 Å². The van der Waals surface area contributed by atoms with Gasteiger partial charge in [0.2, 0.25) is 0 Å². The lowest BCUT2D eigenvalue weighted by Gasteiger charge is -2.49. The molecule has 0 aromatic carbocycles. The number of carbonyl (C=O) groups is 3. The fraction of sp³-hybridized carbons (Fsp3) is 0.844. The van der Waals surface area contributed by atoms with Crippen LogP contribution in [-0.4, -0.2) is 57.3 Å². The average Bonchev–Trinajstić information content (AvgIpc) is 2.90. The van der Waals surface area contributed by atoms with Crippen molar-refractivity contribution in [1.82, 2.24) is 0 Å². The van der Waals surface area contributed by atoms with E-state index < -0.39 is 40.5 Å². The average molecular weight is 554 g/mol. The zero-order valence-electron chi connectivity index (χ0n) is 25.5. The van der Waals surface area contributed by atoms with Crippen LogP contribution in [0, 0.1) is 0 Å². The number of hydrogen-bond donors (Lipinski definition) is 2. The summed E-state index contributed by atoms with van der Waals surface area (Å²) >= 11 is 0. The van der Waals surface area contributed by atoms with E-state index in [9.17, 15) is 29.7 Å². The maximum Gasteiger partial charge on any atom is 0.362 e. The van der Waals surface area contributed by atoms with Crippen molar-refractivity contribution in [2.75, 3.05) is 6.54 Å². The Morgan fingerprint density at radius 3 is 1.26 bits per heavy atom. The minimum atomic E-state index is -1.43. The first-order valence-electron chi connectivity index (χ1n) is 15.8. The van der Waals surface area contributed by atoms with Gasteiger partial charge in [-0.15, -0.1) is 0 Å². The third-order valence-electron chi connectivity index (χ3n) is 8.53. The number of rotatable bonds is 27. The Morgan fingerprint density at radius 2 is 0.923 bits per heavy atom. The smallest absolute Gasteiger partial charge is 0.362 e. The van der Waals surface area contributed by atoms with E-state index in [4.69, 9.17) is 0 Å². The van der Waals surface area contributed by atoms with Crippen LogP contribution in [0.4, 0.5) is 0 Å². The highest BCUT2D eigenvalue weighted by atomic mass is 16.4. The van der Waals surface area contributed by atoms with E-state index in [1.54, 1.807) is 0 Å². The van der Waals surface area contributed by atoms with Gasteiger partial charge in [0.1, 0.15) is 6.04 Å². The molecule has 3 unspecified atom stereocenters. The molecule has 0 aliphatic rings. The predicted molar refractivity (Wildman–Crippen MR) is 156 cm³/mol. The van der Waals surface area contributed by atoms with Crippen LogP contribution in [0.25, 0.3) is 0 Å². The van der Waals surface area contributed by atoms with Crippen molar-refractivity contribution in [3.05, 3.63) is 12.2 Å². The molecule has 2 N–H and O–H groups in total. The van der Waals surface area contributed by atoms with Gasteiger partial charge in [0.25, 0.3) is 0 Å². The largest absolute Gasteiger partial charge is 0.544 e. The molecule has 3 atom stereocenters. The number of hydrogen-bond acceptors (Lipinski definition) is 4. The van der Waals surface area contributed by atoms with Crippen molar-refractivity contribution in [1.29, 1.82) is 0 Å². The number of carbonyl (C=O) groups excluding carboxylic acids is 1. The quantitative estimate of drug-likeness (QED) is 0.0651. The Kier molecular flexibility index (Phi) is 21.8. The maximum atomic E-state index is 11.8. The molecule has 39 heavy (non-hydrogen) atoms. The Bertz CT molecular complexity index is 642. The predicted octanol–water partition coefficient (Wildman–Crippen LogP) is 6.88. The molecule has 0 rings (SSSR count). The van der Waals surface area contributed by atoms with E-state index in [2.05, 4.69) is 19.1 Å². The summed E-state index contributed by atoms with van der Waals surface area (Å²) in [6, 6.07) is -3.58. The molecule has 0 amide bonds. The summed E-state index contributed by atoms with van der Waals surface area (Å²) in [5.41, 5.74) is 0. The molecule has 0 heterocycles. The first kappa shape index (κ1) is 37.1. The number of quaternary nitrogens is 1. The van der Waals surface area contributed by atoms with Crippen LogP contribution in [0.2, 0.25) is 0 Å². The van der Waals surface area contributed by atoms with Crippen molar-refractivity contribution in [3.8, 4) is 0 Å². The van der Waals surface area contributed by atoms with E-state index in [1.807, 2.05) is 0 Å². The molecular weight excluding hydrogens is 494 g/mol. The minimum Gasteiger partial charge on any atom is -0.544 e. The SMILES string of the molecule is CCCCCCCCCCCCCCC/C=C/CCCCCC[N+](C(C)C(=O)[O-])(C(C)C(=O)O)C(C)C(=O)O. The van der Waals surface area contributed by atoms with Gasteiger partial charge in [-0.1, -0.05) is 103 Å². The van der Waals surface area contributed by atoms with Gasteiger partial charge in [-0.25, -0.2) is 9.59 Å². The standard InChI is InChI=1S/C32H59NO6/c1-5-6-7-8-9-10-11-12-13-14-15-16-17-18-19-20-21-22-23-24-25-26-33(27(2)30(34)35,28(3)31(36)37)29(4)32(38)39/h19-20,27-29H,5-18,21-26H2,1-4H3,(H2-,34,35,36,37,38,39)/b20-19+. The Hall–Kier alpha value is -1.89. The third-order valence-corrected chi connectivity index (χ3v) is 8.53. The molecule has 0 radical (unpaired) electrons. The Morgan fingerprint density at radius 1 is 0.590 bits per heavy atom. The normalized spacial score (nSPS) is 15.6. The van der Waals surface area contributed by atoms with E-state index in [-0.39, 0.29) is 6.54 Å². The number of aliphatic carboxylic acids is 3. The van der Waals surface area contributed by atoms with E-state index in [0.717, 1.165) is 32.1 Å². The third kappa shape index (κ3) is 15.5. The molecule has 0 saturated heterocycles. The van der Waals surface area contributed by atoms with E-state index >= 15 is 0 Å². The van der Waals surface area contributed by atoms with Gasteiger partial charge in [0.15, 0.2) is 12.1 Å². The second-order valence-corrected chi connectivity index (χ2v) is 11.4. The molecule has 0 aliphatic carbocycles. The van der Waals surface area contributed by atoms with Gasteiger partial charge in [-0.05, 0) is 59.3 Å². The molecule has 228 valence electrons. The van der Waals surface area contributed by atoms with Crippen LogP contribution < -0.4 is 5.11 Å². The van der Waals surface area contributed by atoms with Crippen LogP contribution >= 0.6 is 0 Å². The van der Waals surface area contributed by atoms with Gasteiger partial charge in [-0.2, -0.15) is 0 Å². The Balaban J connectivity index is 4.08. The zero-order chi connectivity index (χ0) is 29.5. The maximum absolute atomic E-state index is 11.8. The molecule has 0 aromatic heterocycles. The lowest BCUT2D eigenvalue weighted by atomic mass is 10.00. The highest BCUT2D eigenvalue weighted by Gasteiger charge is 2.50. The molecule has 0 fully saturated rings. The van der Waals surface area contributed by atoms with Crippen molar-refractivity contribution in [3.63, 3.8) is 0 Å². The number of unbranched alkanes of at least 4 members (excludes halogenated alkanes) is 17. The summed E-state index contributed by atoms with van der Waals surface area (Å²) in [7, 11) is 0. The first-order valence-corrected chi connectivity index (χ1v) is 15.8. The molecule has 7 heteroatoms. The van der Waals surface area contributed by atoms with Gasteiger partial charge in [0.05, 0.1) is 12.5 Å². The van der Waals surface area contributed by atoms with Gasteiger partial charge in [-0.3, -0.25) is 4.48 Å². The fourth-order valence-electron chi connectivity index (χ4n) is 5.71. The second-order valence-electron chi connectivity index (χ2n) is 11.4. The van der Waals surface area contributed by atoms with Crippen LogP contribution in [0.1, 0.15) is 150 Å². The summed E-state index contributed by atoms with van der Waals surface area (Å²) in [4.78, 5) is 35.3. The highest BCUT2D eigenvalue weighted by Crippen LogP contribution is 2.27. The summed E-state index contributed by atoms with van der Waals surface area (Å²) in [6.07, 6.45) is 27.7. The molecule has 0 aromatic rings. The number of carboxylic acids is 3. The minimum absolute atomic E-state index is 0.172. The van der Waals surface area contributed by atoms with Gasteiger partial charge >= 0.3 is 11.9 Å². The highest BCUT2D eigenvalue weighted by molar-refractivity contribution is 5.76. The van der Waals surface area contributed by atoms with Gasteiger partial charge in [0, 0.05) is 0 Å². The van der Waals surface area contributed by atoms with Crippen LogP contribution in [0.3, 0.4) is 0 Å². The lowest BCUT2D eigenvalue weighted by molar-refractivity contribution is -0.969. The molecule has 0 spiro atoms. The van der Waals surface area contributed by atoms with Gasteiger partial charge < -0.3 is 20.1 Å². The number of nitrogens with zero attached hydrogens (tertiary/aromatic N) is 1. The fourth-order valence-corrected chi connectivity index (χ4v) is 5.71. The molecule has 7 nitrogen and oxygen atoms in total. The summed E-state index contributed by atoms with van der Waals surface area (Å²) in [5.74, 6) is -3.83. The van der Waals surface area contributed by atoms with E-state index in [1.165, 1.54) is 104 Å². The monoisotopic (exact) mass is 553 g/mol. The molecule has 0 saturated carbocycles. The van der Waals surface area contributed by atoms with Crippen molar-refractivity contribution >= 4 is 17.9 Å². The van der Waals surface area contributed by atoms with E-state index in [0.29, 0.717) is 6.42 Å². The number of allylic oxidation sites excluding steroid dienone is 2.